The van der Waals surface area contributed by atoms with Crippen LogP contribution in [-0.4, -0.2) is 33.2 Å². The molecule has 2 aromatic rings. The Hall–Kier alpha value is -2.54. The van der Waals surface area contributed by atoms with Crippen LogP contribution in [0.2, 0.25) is 0 Å². The molecule has 2 aromatic carbocycles. The minimum absolute atomic E-state index is 0.0882. The predicted molar refractivity (Wildman–Crippen MR) is 118 cm³/mol. The average Bonchev–Trinajstić information content (AvgIpc) is 2.61. The number of sulfonamides is 1. The van der Waals surface area contributed by atoms with Crippen LogP contribution in [0.4, 0.5) is 11.4 Å². The third-order valence-corrected chi connectivity index (χ3v) is 5.49. The van der Waals surface area contributed by atoms with E-state index in [0.29, 0.717) is 17.8 Å². The van der Waals surface area contributed by atoms with Crippen LogP contribution < -0.4 is 14.4 Å². The highest BCUT2D eigenvalue weighted by atomic mass is 32.2. The van der Waals surface area contributed by atoms with E-state index in [1.165, 1.54) is 10.6 Å². The summed E-state index contributed by atoms with van der Waals surface area (Å²) in [6, 6.07) is 12.9. The standard InChI is InChI=1S/C22H30N2O4S/c1-16(2)28-20-12-10-19(11-13-20)23-22(25)7-6-14-24(29(5,26)27)21-15-17(3)8-9-18(21)4/h8-13,15-16H,6-7,14H2,1-5H3,(H,23,25). The normalized spacial score (nSPS) is 11.4. The summed E-state index contributed by atoms with van der Waals surface area (Å²) in [5.41, 5.74) is 3.21. The van der Waals surface area contributed by atoms with Gasteiger partial charge in [-0.25, -0.2) is 8.42 Å². The number of amides is 1. The van der Waals surface area contributed by atoms with Gasteiger partial charge in [0.15, 0.2) is 0 Å². The molecule has 0 atom stereocenters. The van der Waals surface area contributed by atoms with Crippen molar-refractivity contribution in [1.29, 1.82) is 0 Å². The first kappa shape index (κ1) is 22.7. The van der Waals surface area contributed by atoms with Crippen molar-refractivity contribution in [3.05, 3.63) is 53.6 Å². The van der Waals surface area contributed by atoms with Gasteiger partial charge in [-0.2, -0.15) is 0 Å². The van der Waals surface area contributed by atoms with Crippen LogP contribution in [0.5, 0.6) is 5.75 Å². The molecule has 1 N–H and O–H groups in total. The van der Waals surface area contributed by atoms with E-state index in [1.807, 2.05) is 58.0 Å². The molecule has 0 aliphatic rings. The van der Waals surface area contributed by atoms with Gasteiger partial charge in [0.25, 0.3) is 0 Å². The molecule has 0 aromatic heterocycles. The number of rotatable bonds is 9. The van der Waals surface area contributed by atoms with Crippen LogP contribution >= 0.6 is 0 Å². The Bertz CT molecular complexity index is 938. The van der Waals surface area contributed by atoms with Crippen molar-refractivity contribution in [2.45, 2.75) is 46.6 Å². The van der Waals surface area contributed by atoms with Crippen LogP contribution in [0.15, 0.2) is 42.5 Å². The summed E-state index contributed by atoms with van der Waals surface area (Å²) in [6.45, 7) is 7.96. The topological polar surface area (TPSA) is 75.7 Å². The van der Waals surface area contributed by atoms with Crippen molar-refractivity contribution in [3.63, 3.8) is 0 Å². The molecule has 0 saturated carbocycles. The van der Waals surface area contributed by atoms with Crippen LogP contribution in [0.3, 0.4) is 0 Å². The van der Waals surface area contributed by atoms with Crippen LogP contribution in [0.1, 0.15) is 37.8 Å². The molecule has 29 heavy (non-hydrogen) atoms. The number of ether oxygens (including phenoxy) is 1. The summed E-state index contributed by atoms with van der Waals surface area (Å²) in [7, 11) is -3.44. The van der Waals surface area contributed by atoms with Gasteiger partial charge in [0.05, 0.1) is 18.0 Å². The second-order valence-corrected chi connectivity index (χ2v) is 9.37. The highest BCUT2D eigenvalue weighted by Crippen LogP contribution is 2.24. The Morgan fingerprint density at radius 1 is 1.10 bits per heavy atom. The van der Waals surface area contributed by atoms with E-state index in [4.69, 9.17) is 4.74 Å². The van der Waals surface area contributed by atoms with E-state index in [1.54, 1.807) is 12.1 Å². The molecule has 6 nitrogen and oxygen atoms in total. The third-order valence-electron chi connectivity index (χ3n) is 4.31. The Kier molecular flexibility index (Phi) is 7.67. The molecule has 7 heteroatoms. The molecule has 0 spiro atoms. The molecular weight excluding hydrogens is 388 g/mol. The van der Waals surface area contributed by atoms with Crippen molar-refractivity contribution in [2.24, 2.45) is 0 Å². The van der Waals surface area contributed by atoms with Crippen molar-refractivity contribution < 1.29 is 17.9 Å². The first-order chi connectivity index (χ1) is 13.6. The Balaban J connectivity index is 1.95. The fraction of sp³-hybridized carbons (Fsp3) is 0.409. The monoisotopic (exact) mass is 418 g/mol. The minimum atomic E-state index is -3.44. The van der Waals surface area contributed by atoms with Crippen LogP contribution in [0.25, 0.3) is 0 Å². The Morgan fingerprint density at radius 3 is 2.34 bits per heavy atom. The van der Waals surface area contributed by atoms with Gasteiger partial charge < -0.3 is 10.1 Å². The Labute approximate surface area is 173 Å². The maximum Gasteiger partial charge on any atom is 0.232 e. The number of carbonyl (C=O) groups excluding carboxylic acids is 1. The molecule has 0 aliphatic carbocycles. The first-order valence-corrected chi connectivity index (χ1v) is 11.5. The lowest BCUT2D eigenvalue weighted by atomic mass is 10.1. The molecule has 0 unspecified atom stereocenters. The molecule has 0 saturated heterocycles. The molecule has 0 bridgehead atoms. The lowest BCUT2D eigenvalue weighted by molar-refractivity contribution is -0.116. The number of aryl methyl sites for hydroxylation is 2. The molecule has 158 valence electrons. The van der Waals surface area contributed by atoms with E-state index in [-0.39, 0.29) is 25.0 Å². The van der Waals surface area contributed by atoms with Gasteiger partial charge in [-0.1, -0.05) is 12.1 Å². The average molecular weight is 419 g/mol. The number of carbonyl (C=O) groups is 1. The van der Waals surface area contributed by atoms with E-state index >= 15 is 0 Å². The van der Waals surface area contributed by atoms with E-state index in [9.17, 15) is 13.2 Å². The van der Waals surface area contributed by atoms with Gasteiger partial charge in [0.1, 0.15) is 5.75 Å². The lowest BCUT2D eigenvalue weighted by Gasteiger charge is -2.24. The van der Waals surface area contributed by atoms with E-state index in [2.05, 4.69) is 5.32 Å². The van der Waals surface area contributed by atoms with Gasteiger partial charge in [0, 0.05) is 18.7 Å². The SMILES string of the molecule is Cc1ccc(C)c(N(CCCC(=O)Nc2ccc(OC(C)C)cc2)S(C)(=O)=O)c1. The molecule has 0 heterocycles. The van der Waals surface area contributed by atoms with E-state index in [0.717, 1.165) is 16.9 Å². The van der Waals surface area contributed by atoms with Crippen LogP contribution in [-0.2, 0) is 14.8 Å². The number of anilines is 2. The van der Waals surface area contributed by atoms with Gasteiger partial charge >= 0.3 is 0 Å². The van der Waals surface area contributed by atoms with Gasteiger partial charge in [-0.15, -0.1) is 0 Å². The number of benzene rings is 2. The first-order valence-electron chi connectivity index (χ1n) is 9.68. The van der Waals surface area contributed by atoms with Crippen molar-refractivity contribution in [1.82, 2.24) is 0 Å². The molecular formula is C22H30N2O4S. The number of hydrogen-bond acceptors (Lipinski definition) is 4. The van der Waals surface area contributed by atoms with E-state index < -0.39 is 10.0 Å². The number of nitrogens with one attached hydrogen (secondary N) is 1. The largest absolute Gasteiger partial charge is 0.491 e. The van der Waals surface area contributed by atoms with Crippen molar-refractivity contribution >= 4 is 27.3 Å². The predicted octanol–water partition coefficient (Wildman–Crippen LogP) is 4.28. The summed E-state index contributed by atoms with van der Waals surface area (Å²) >= 11 is 0. The van der Waals surface area contributed by atoms with Crippen molar-refractivity contribution in [3.8, 4) is 5.75 Å². The maximum atomic E-state index is 12.3. The second kappa shape index (κ2) is 9.78. The summed E-state index contributed by atoms with van der Waals surface area (Å²) in [6.07, 6.45) is 1.92. The van der Waals surface area contributed by atoms with Crippen LogP contribution in [0, 0.1) is 13.8 Å². The smallest absolute Gasteiger partial charge is 0.232 e. The maximum absolute atomic E-state index is 12.3. The fourth-order valence-electron chi connectivity index (χ4n) is 2.95. The lowest BCUT2D eigenvalue weighted by Crippen LogP contribution is -2.32. The quantitative estimate of drug-likeness (QED) is 0.660. The third kappa shape index (κ3) is 7.09. The molecule has 1 amide bonds. The zero-order chi connectivity index (χ0) is 21.6. The Morgan fingerprint density at radius 2 is 1.76 bits per heavy atom. The summed E-state index contributed by atoms with van der Waals surface area (Å²) < 4.78 is 31.5. The number of hydrogen-bond donors (Lipinski definition) is 1. The molecule has 0 aliphatic heterocycles. The summed E-state index contributed by atoms with van der Waals surface area (Å²) in [5, 5.41) is 2.83. The fourth-order valence-corrected chi connectivity index (χ4v) is 3.96. The van der Waals surface area contributed by atoms with Gasteiger partial charge in [-0.05, 0) is 75.6 Å². The number of nitrogens with zero attached hydrogens (tertiary/aromatic N) is 1. The summed E-state index contributed by atoms with van der Waals surface area (Å²) in [5.74, 6) is 0.590. The zero-order valence-electron chi connectivity index (χ0n) is 17.7. The van der Waals surface area contributed by atoms with Gasteiger partial charge in [-0.3, -0.25) is 9.10 Å². The van der Waals surface area contributed by atoms with Gasteiger partial charge in [0.2, 0.25) is 15.9 Å². The summed E-state index contributed by atoms with van der Waals surface area (Å²) in [4.78, 5) is 12.3. The highest BCUT2D eigenvalue weighted by Gasteiger charge is 2.19. The molecule has 2 rings (SSSR count). The molecule has 0 radical (unpaired) electrons. The van der Waals surface area contributed by atoms with Crippen molar-refractivity contribution in [2.75, 3.05) is 22.4 Å². The second-order valence-electron chi connectivity index (χ2n) is 7.47. The highest BCUT2D eigenvalue weighted by molar-refractivity contribution is 7.92. The minimum Gasteiger partial charge on any atom is -0.491 e. The zero-order valence-corrected chi connectivity index (χ0v) is 18.5. The molecule has 0 fully saturated rings.